The molecule has 21 heavy (non-hydrogen) atoms. The van der Waals surface area contributed by atoms with Crippen molar-refractivity contribution in [2.24, 2.45) is 0 Å². The highest BCUT2D eigenvalue weighted by molar-refractivity contribution is 7.09. The number of thiazole rings is 1. The minimum absolute atomic E-state index is 0.0334. The van der Waals surface area contributed by atoms with Crippen LogP contribution in [0.2, 0.25) is 0 Å². The summed E-state index contributed by atoms with van der Waals surface area (Å²) >= 11 is 1.49. The van der Waals surface area contributed by atoms with E-state index in [0.717, 1.165) is 42.3 Å². The van der Waals surface area contributed by atoms with Crippen LogP contribution in [-0.4, -0.2) is 33.9 Å². The Bertz CT molecular complexity index is 603. The SMILES string of the molecule is Cc1c(NC(=O)Cc2cncs2)cnn1C1CCOCC1. The number of anilines is 1. The molecule has 0 aromatic carbocycles. The summed E-state index contributed by atoms with van der Waals surface area (Å²) < 4.78 is 7.38. The number of nitrogens with zero attached hydrogens (tertiary/aromatic N) is 3. The number of rotatable bonds is 4. The average molecular weight is 306 g/mol. The second kappa shape index (κ2) is 6.36. The molecule has 7 heteroatoms. The number of nitrogens with one attached hydrogen (secondary N) is 1. The minimum Gasteiger partial charge on any atom is -0.381 e. The van der Waals surface area contributed by atoms with E-state index in [0.29, 0.717) is 12.5 Å². The van der Waals surface area contributed by atoms with Crippen LogP contribution in [0.4, 0.5) is 5.69 Å². The van der Waals surface area contributed by atoms with Gasteiger partial charge in [0.15, 0.2) is 0 Å². The molecule has 1 aliphatic heterocycles. The zero-order valence-corrected chi connectivity index (χ0v) is 12.7. The largest absolute Gasteiger partial charge is 0.381 e. The van der Waals surface area contributed by atoms with E-state index in [9.17, 15) is 4.79 Å². The van der Waals surface area contributed by atoms with Crippen molar-refractivity contribution >= 4 is 22.9 Å². The second-order valence-electron chi connectivity index (χ2n) is 5.12. The van der Waals surface area contributed by atoms with Crippen LogP contribution >= 0.6 is 11.3 Å². The molecular weight excluding hydrogens is 288 g/mol. The van der Waals surface area contributed by atoms with Crippen LogP contribution in [0.25, 0.3) is 0 Å². The third-order valence-electron chi connectivity index (χ3n) is 3.67. The summed E-state index contributed by atoms with van der Waals surface area (Å²) in [6.45, 7) is 3.54. The maximum atomic E-state index is 12.0. The lowest BCUT2D eigenvalue weighted by Gasteiger charge is -2.23. The molecule has 0 unspecified atom stereocenters. The predicted octanol–water partition coefficient (Wildman–Crippen LogP) is 2.18. The number of hydrogen-bond acceptors (Lipinski definition) is 5. The van der Waals surface area contributed by atoms with Crippen LogP contribution in [-0.2, 0) is 16.0 Å². The van der Waals surface area contributed by atoms with Crippen molar-refractivity contribution in [1.82, 2.24) is 14.8 Å². The minimum atomic E-state index is -0.0334. The number of ether oxygens (including phenoxy) is 1. The van der Waals surface area contributed by atoms with E-state index in [4.69, 9.17) is 4.74 Å². The summed E-state index contributed by atoms with van der Waals surface area (Å²) in [5, 5.41) is 7.36. The van der Waals surface area contributed by atoms with Crippen molar-refractivity contribution in [3.63, 3.8) is 0 Å². The lowest BCUT2D eigenvalue weighted by molar-refractivity contribution is -0.115. The molecule has 1 amide bonds. The van der Waals surface area contributed by atoms with Gasteiger partial charge in [-0.2, -0.15) is 5.10 Å². The van der Waals surface area contributed by atoms with Gasteiger partial charge >= 0.3 is 0 Å². The van der Waals surface area contributed by atoms with E-state index in [2.05, 4.69) is 15.4 Å². The highest BCUT2D eigenvalue weighted by Crippen LogP contribution is 2.25. The Balaban J connectivity index is 1.65. The van der Waals surface area contributed by atoms with Crippen molar-refractivity contribution < 1.29 is 9.53 Å². The van der Waals surface area contributed by atoms with Crippen LogP contribution in [0.15, 0.2) is 17.9 Å². The van der Waals surface area contributed by atoms with Gasteiger partial charge < -0.3 is 10.1 Å². The van der Waals surface area contributed by atoms with Gasteiger partial charge in [-0.15, -0.1) is 11.3 Å². The summed E-state index contributed by atoms with van der Waals surface area (Å²) in [5.41, 5.74) is 3.52. The van der Waals surface area contributed by atoms with Crippen LogP contribution in [0.3, 0.4) is 0 Å². The first-order valence-corrected chi connectivity index (χ1v) is 7.91. The van der Waals surface area contributed by atoms with Crippen molar-refractivity contribution in [2.45, 2.75) is 32.2 Å². The zero-order chi connectivity index (χ0) is 14.7. The molecule has 1 saturated heterocycles. The molecule has 0 bridgehead atoms. The molecule has 6 nitrogen and oxygen atoms in total. The number of amides is 1. The molecule has 3 heterocycles. The Morgan fingerprint density at radius 1 is 1.48 bits per heavy atom. The zero-order valence-electron chi connectivity index (χ0n) is 11.9. The summed E-state index contributed by atoms with van der Waals surface area (Å²) in [7, 11) is 0. The van der Waals surface area contributed by atoms with Gasteiger partial charge in [-0.1, -0.05) is 0 Å². The molecule has 0 atom stereocenters. The van der Waals surface area contributed by atoms with Crippen LogP contribution < -0.4 is 5.32 Å². The van der Waals surface area contributed by atoms with Crippen LogP contribution in [0.5, 0.6) is 0 Å². The monoisotopic (exact) mass is 306 g/mol. The summed E-state index contributed by atoms with van der Waals surface area (Å²) in [4.78, 5) is 17.0. The van der Waals surface area contributed by atoms with Crippen molar-refractivity contribution in [1.29, 1.82) is 0 Å². The third kappa shape index (κ3) is 3.30. The van der Waals surface area contributed by atoms with Crippen molar-refractivity contribution in [3.05, 3.63) is 28.5 Å². The molecule has 3 rings (SSSR count). The van der Waals surface area contributed by atoms with E-state index < -0.39 is 0 Å². The van der Waals surface area contributed by atoms with Gasteiger partial charge in [-0.25, -0.2) is 0 Å². The molecule has 0 saturated carbocycles. The quantitative estimate of drug-likeness (QED) is 0.940. The van der Waals surface area contributed by atoms with Gasteiger partial charge in [-0.3, -0.25) is 14.5 Å². The molecule has 2 aromatic heterocycles. The first kappa shape index (κ1) is 14.2. The van der Waals surface area contributed by atoms with Gasteiger partial charge in [0.1, 0.15) is 0 Å². The van der Waals surface area contributed by atoms with E-state index in [1.54, 1.807) is 17.9 Å². The highest BCUT2D eigenvalue weighted by Gasteiger charge is 2.20. The van der Waals surface area contributed by atoms with Gasteiger partial charge in [0, 0.05) is 24.3 Å². The molecule has 1 fully saturated rings. The maximum absolute atomic E-state index is 12.0. The Kier molecular flexibility index (Phi) is 4.31. The fourth-order valence-corrected chi connectivity index (χ4v) is 3.12. The molecule has 0 spiro atoms. The normalized spacial score (nSPS) is 16.0. The van der Waals surface area contributed by atoms with Gasteiger partial charge in [0.05, 0.1) is 35.6 Å². The fourth-order valence-electron chi connectivity index (χ4n) is 2.53. The fraction of sp³-hybridized carbons (Fsp3) is 0.500. The molecule has 1 aliphatic rings. The second-order valence-corrected chi connectivity index (χ2v) is 6.10. The number of carbonyl (C=O) groups excluding carboxylic acids is 1. The Labute approximate surface area is 127 Å². The molecule has 1 N–H and O–H groups in total. The molecule has 2 aromatic rings. The lowest BCUT2D eigenvalue weighted by atomic mass is 10.1. The summed E-state index contributed by atoms with van der Waals surface area (Å²) in [6.07, 6.45) is 5.75. The Hall–Kier alpha value is -1.73. The first-order valence-electron chi connectivity index (χ1n) is 7.03. The van der Waals surface area contributed by atoms with Crippen LogP contribution in [0.1, 0.15) is 29.5 Å². The smallest absolute Gasteiger partial charge is 0.229 e. The molecule has 112 valence electrons. The van der Waals surface area contributed by atoms with Gasteiger partial charge in [-0.05, 0) is 19.8 Å². The van der Waals surface area contributed by atoms with Gasteiger partial charge in [0.2, 0.25) is 5.91 Å². The third-order valence-corrected chi connectivity index (χ3v) is 4.45. The highest BCUT2D eigenvalue weighted by atomic mass is 32.1. The van der Waals surface area contributed by atoms with Crippen LogP contribution in [0, 0.1) is 6.92 Å². The lowest BCUT2D eigenvalue weighted by Crippen LogP contribution is -2.21. The van der Waals surface area contributed by atoms with E-state index in [1.165, 1.54) is 11.3 Å². The molecule has 0 radical (unpaired) electrons. The Morgan fingerprint density at radius 2 is 2.29 bits per heavy atom. The standard InChI is InChI=1S/C14H18N4O2S/c1-10-13(17-14(19)6-12-7-15-9-21-12)8-16-18(10)11-2-4-20-5-3-11/h7-9,11H,2-6H2,1H3,(H,17,19). The van der Waals surface area contributed by atoms with E-state index in [1.807, 2.05) is 11.6 Å². The Morgan fingerprint density at radius 3 is 3.00 bits per heavy atom. The number of carbonyl (C=O) groups is 1. The summed E-state index contributed by atoms with van der Waals surface area (Å²) in [5.74, 6) is -0.0334. The molecule has 0 aliphatic carbocycles. The number of aromatic nitrogens is 3. The van der Waals surface area contributed by atoms with Crippen molar-refractivity contribution in [2.75, 3.05) is 18.5 Å². The maximum Gasteiger partial charge on any atom is 0.229 e. The topological polar surface area (TPSA) is 69.0 Å². The predicted molar refractivity (Wildman–Crippen MR) is 80.5 cm³/mol. The van der Waals surface area contributed by atoms with Crippen molar-refractivity contribution in [3.8, 4) is 0 Å². The number of hydrogen-bond donors (Lipinski definition) is 1. The molecular formula is C14H18N4O2S. The summed E-state index contributed by atoms with van der Waals surface area (Å²) in [6, 6.07) is 0.367. The van der Waals surface area contributed by atoms with E-state index >= 15 is 0 Å². The first-order chi connectivity index (χ1) is 10.2. The van der Waals surface area contributed by atoms with Gasteiger partial charge in [0.25, 0.3) is 0 Å². The van der Waals surface area contributed by atoms with E-state index in [-0.39, 0.29) is 5.91 Å². The average Bonchev–Trinajstić information content (AvgIpc) is 3.11.